The summed E-state index contributed by atoms with van der Waals surface area (Å²) in [5, 5.41) is 0. The summed E-state index contributed by atoms with van der Waals surface area (Å²) >= 11 is 0. The fourth-order valence-corrected chi connectivity index (χ4v) is 1.11. The Morgan fingerprint density at radius 2 is 2.17 bits per heavy atom. The monoisotopic (exact) mass is 162 g/mol. The quantitative estimate of drug-likeness (QED) is 0.678. The number of rotatable bonds is 2. The minimum atomic E-state index is 0.787. The van der Waals surface area contributed by atoms with Crippen LogP contribution in [0.1, 0.15) is 12.5 Å². The molecule has 0 saturated heterocycles. The Hall–Kier alpha value is -1.44. The van der Waals surface area contributed by atoms with Crippen LogP contribution in [0.15, 0.2) is 39.6 Å². The van der Waals surface area contributed by atoms with E-state index in [4.69, 9.17) is 8.83 Å². The molecule has 2 nitrogen and oxygen atoms in total. The van der Waals surface area contributed by atoms with Crippen LogP contribution >= 0.6 is 0 Å². The summed E-state index contributed by atoms with van der Waals surface area (Å²) in [4.78, 5) is 0. The Morgan fingerprint density at radius 1 is 1.25 bits per heavy atom. The van der Waals surface area contributed by atoms with Gasteiger partial charge in [-0.3, -0.25) is 0 Å². The third-order valence-electron chi connectivity index (χ3n) is 1.83. The first-order chi connectivity index (χ1) is 5.90. The maximum absolute atomic E-state index is 5.31. The Labute approximate surface area is 70.8 Å². The molecule has 2 rings (SSSR count). The third kappa shape index (κ3) is 1.16. The molecular formula is C10H10O2. The molecule has 0 saturated carbocycles. The molecule has 2 aromatic heterocycles. The van der Waals surface area contributed by atoms with E-state index in [1.807, 2.05) is 18.2 Å². The highest BCUT2D eigenvalue weighted by atomic mass is 16.4. The molecule has 0 aliphatic rings. The summed E-state index contributed by atoms with van der Waals surface area (Å²) < 4.78 is 10.5. The fraction of sp³-hybridized carbons (Fsp3) is 0.200. The molecule has 0 spiro atoms. The van der Waals surface area contributed by atoms with E-state index < -0.39 is 0 Å². The van der Waals surface area contributed by atoms with E-state index in [-0.39, 0.29) is 0 Å². The summed E-state index contributed by atoms with van der Waals surface area (Å²) in [6.45, 7) is 2.09. The topological polar surface area (TPSA) is 26.3 Å². The minimum absolute atomic E-state index is 0.787. The predicted molar refractivity (Wildman–Crippen MR) is 45.8 cm³/mol. The molecular weight excluding hydrogens is 152 g/mol. The lowest BCUT2D eigenvalue weighted by Crippen LogP contribution is -1.69. The second-order valence-corrected chi connectivity index (χ2v) is 2.65. The van der Waals surface area contributed by atoms with Crippen molar-refractivity contribution < 1.29 is 8.83 Å². The average molecular weight is 162 g/mol. The molecule has 2 aromatic rings. The van der Waals surface area contributed by atoms with Crippen LogP contribution in [-0.4, -0.2) is 0 Å². The van der Waals surface area contributed by atoms with Crippen LogP contribution in [0.4, 0.5) is 0 Å². The Kier molecular flexibility index (Phi) is 1.74. The van der Waals surface area contributed by atoms with Gasteiger partial charge in [0.25, 0.3) is 0 Å². The maximum atomic E-state index is 5.31. The van der Waals surface area contributed by atoms with E-state index in [1.54, 1.807) is 12.5 Å². The van der Waals surface area contributed by atoms with E-state index in [9.17, 15) is 0 Å². The fourth-order valence-electron chi connectivity index (χ4n) is 1.11. The zero-order valence-corrected chi connectivity index (χ0v) is 6.91. The van der Waals surface area contributed by atoms with Gasteiger partial charge in [-0.25, -0.2) is 0 Å². The first kappa shape index (κ1) is 7.22. The number of hydrogen-bond acceptors (Lipinski definition) is 2. The molecule has 0 bridgehead atoms. The molecule has 0 N–H and O–H groups in total. The van der Waals surface area contributed by atoms with Crippen LogP contribution in [0.25, 0.3) is 11.5 Å². The molecule has 0 radical (unpaired) electrons. The van der Waals surface area contributed by atoms with Crippen molar-refractivity contribution in [3.05, 3.63) is 36.3 Å². The highest BCUT2D eigenvalue weighted by molar-refractivity contribution is 5.50. The van der Waals surface area contributed by atoms with E-state index >= 15 is 0 Å². The van der Waals surface area contributed by atoms with E-state index in [2.05, 4.69) is 6.92 Å². The van der Waals surface area contributed by atoms with Gasteiger partial charge in [0.05, 0.1) is 12.5 Å². The van der Waals surface area contributed by atoms with Gasteiger partial charge < -0.3 is 8.83 Å². The minimum Gasteiger partial charge on any atom is -0.461 e. The summed E-state index contributed by atoms with van der Waals surface area (Å²) in [6, 6.07) is 5.74. The summed E-state index contributed by atoms with van der Waals surface area (Å²) in [5.41, 5.74) is 1.20. The maximum Gasteiger partial charge on any atom is 0.169 e. The normalized spacial score (nSPS) is 10.4. The summed E-state index contributed by atoms with van der Waals surface area (Å²) in [7, 11) is 0. The largest absolute Gasteiger partial charge is 0.461 e. The summed E-state index contributed by atoms with van der Waals surface area (Å²) in [6.07, 6.45) is 4.39. The van der Waals surface area contributed by atoms with Crippen LogP contribution in [0.3, 0.4) is 0 Å². The van der Waals surface area contributed by atoms with Crippen molar-refractivity contribution in [2.45, 2.75) is 13.3 Å². The molecule has 12 heavy (non-hydrogen) atoms. The predicted octanol–water partition coefficient (Wildman–Crippen LogP) is 3.10. The van der Waals surface area contributed by atoms with Gasteiger partial charge in [0.1, 0.15) is 0 Å². The highest BCUT2D eigenvalue weighted by Crippen LogP contribution is 2.22. The molecule has 0 amide bonds. The lowest BCUT2D eigenvalue weighted by atomic mass is 10.2. The van der Waals surface area contributed by atoms with Gasteiger partial charge >= 0.3 is 0 Å². The van der Waals surface area contributed by atoms with Gasteiger partial charge in [-0.05, 0) is 30.2 Å². The molecule has 62 valence electrons. The first-order valence-corrected chi connectivity index (χ1v) is 4.01. The standard InChI is InChI=1S/C10H10O2/c1-2-8-6-10(12-7-8)9-4-3-5-11-9/h3-7H,2H2,1H3. The van der Waals surface area contributed by atoms with Crippen LogP contribution in [0.5, 0.6) is 0 Å². The van der Waals surface area contributed by atoms with Crippen LogP contribution in [0.2, 0.25) is 0 Å². The lowest BCUT2D eigenvalue weighted by Gasteiger charge is -1.85. The van der Waals surface area contributed by atoms with Crippen LogP contribution in [-0.2, 0) is 6.42 Å². The first-order valence-electron chi connectivity index (χ1n) is 4.01. The highest BCUT2D eigenvalue weighted by Gasteiger charge is 2.04. The third-order valence-corrected chi connectivity index (χ3v) is 1.83. The second kappa shape index (κ2) is 2.89. The van der Waals surface area contributed by atoms with Gasteiger partial charge in [-0.1, -0.05) is 6.92 Å². The van der Waals surface area contributed by atoms with Crippen molar-refractivity contribution >= 4 is 0 Å². The van der Waals surface area contributed by atoms with Crippen LogP contribution in [0, 0.1) is 0 Å². The lowest BCUT2D eigenvalue weighted by molar-refractivity contribution is 0.523. The van der Waals surface area contributed by atoms with Gasteiger partial charge in [0, 0.05) is 0 Å². The van der Waals surface area contributed by atoms with Crippen LogP contribution < -0.4 is 0 Å². The van der Waals surface area contributed by atoms with Crippen molar-refractivity contribution in [2.75, 3.05) is 0 Å². The average Bonchev–Trinajstić information content (AvgIpc) is 2.75. The van der Waals surface area contributed by atoms with Crippen molar-refractivity contribution in [3.8, 4) is 11.5 Å². The zero-order valence-electron chi connectivity index (χ0n) is 6.91. The van der Waals surface area contributed by atoms with Gasteiger partial charge in [-0.2, -0.15) is 0 Å². The molecule has 0 unspecified atom stereocenters. The molecule has 0 aliphatic carbocycles. The molecule has 0 atom stereocenters. The molecule has 2 heteroatoms. The number of aryl methyl sites for hydroxylation is 1. The second-order valence-electron chi connectivity index (χ2n) is 2.65. The molecule has 0 aromatic carbocycles. The molecule has 0 aliphatic heterocycles. The van der Waals surface area contributed by atoms with Crippen molar-refractivity contribution in [3.63, 3.8) is 0 Å². The van der Waals surface area contributed by atoms with E-state index in [0.29, 0.717) is 0 Å². The van der Waals surface area contributed by atoms with Crippen molar-refractivity contribution in [1.82, 2.24) is 0 Å². The van der Waals surface area contributed by atoms with Gasteiger partial charge in [-0.15, -0.1) is 0 Å². The SMILES string of the molecule is CCc1coc(-c2ccco2)c1. The van der Waals surface area contributed by atoms with Gasteiger partial charge in [0.15, 0.2) is 11.5 Å². The molecule has 2 heterocycles. The number of furan rings is 2. The Bertz CT molecular complexity index is 344. The van der Waals surface area contributed by atoms with E-state index in [0.717, 1.165) is 17.9 Å². The van der Waals surface area contributed by atoms with Gasteiger partial charge in [0.2, 0.25) is 0 Å². The van der Waals surface area contributed by atoms with E-state index in [1.165, 1.54) is 5.56 Å². The Balaban J connectivity index is 2.35. The number of hydrogen-bond donors (Lipinski definition) is 0. The Morgan fingerprint density at radius 3 is 2.75 bits per heavy atom. The zero-order chi connectivity index (χ0) is 8.39. The summed E-state index contributed by atoms with van der Waals surface area (Å²) in [5.74, 6) is 1.59. The molecule has 0 fully saturated rings. The van der Waals surface area contributed by atoms with Crippen molar-refractivity contribution in [1.29, 1.82) is 0 Å². The van der Waals surface area contributed by atoms with Crippen molar-refractivity contribution in [2.24, 2.45) is 0 Å². The smallest absolute Gasteiger partial charge is 0.169 e.